The molecule has 0 atom stereocenters. The van der Waals surface area contributed by atoms with E-state index < -0.39 is 5.97 Å². The molecule has 16 heavy (non-hydrogen) atoms. The Bertz CT molecular complexity index is 377. The zero-order valence-electron chi connectivity index (χ0n) is 9.86. The monoisotopic (exact) mass is 223 g/mol. The minimum Gasteiger partial charge on any atom is -0.497 e. The molecule has 1 aromatic carbocycles. The van der Waals surface area contributed by atoms with Gasteiger partial charge in [0.15, 0.2) is 0 Å². The fourth-order valence-electron chi connectivity index (χ4n) is 1.51. The number of ether oxygens (including phenoxy) is 1. The number of carboxylic acids is 1. The molecule has 0 heterocycles. The lowest BCUT2D eigenvalue weighted by molar-refractivity contribution is 0.0696. The smallest absolute Gasteiger partial charge is 0.335 e. The van der Waals surface area contributed by atoms with Crippen molar-refractivity contribution in [3.05, 3.63) is 23.8 Å². The van der Waals surface area contributed by atoms with E-state index in [4.69, 9.17) is 9.84 Å². The molecule has 4 nitrogen and oxygen atoms in total. The summed E-state index contributed by atoms with van der Waals surface area (Å²) in [4.78, 5) is 12.9. The maximum Gasteiger partial charge on any atom is 0.335 e. The van der Waals surface area contributed by atoms with Gasteiger partial charge < -0.3 is 14.7 Å². The summed E-state index contributed by atoms with van der Waals surface area (Å²) in [6.07, 6.45) is 1.01. The second-order valence-electron chi connectivity index (χ2n) is 3.65. The summed E-state index contributed by atoms with van der Waals surface area (Å²) in [5.74, 6) is -0.372. The summed E-state index contributed by atoms with van der Waals surface area (Å²) in [6, 6.07) is 5.01. The molecular formula is C12H17NO3. The van der Waals surface area contributed by atoms with Gasteiger partial charge in [0.2, 0.25) is 0 Å². The molecule has 0 aromatic heterocycles. The summed E-state index contributed by atoms with van der Waals surface area (Å²) in [7, 11) is 3.47. The predicted molar refractivity (Wildman–Crippen MR) is 63.5 cm³/mol. The van der Waals surface area contributed by atoms with Gasteiger partial charge in [0, 0.05) is 25.3 Å². The Hall–Kier alpha value is -1.71. The number of benzene rings is 1. The molecule has 0 radical (unpaired) electrons. The second-order valence-corrected chi connectivity index (χ2v) is 3.65. The van der Waals surface area contributed by atoms with E-state index in [9.17, 15) is 4.79 Å². The summed E-state index contributed by atoms with van der Waals surface area (Å²) in [5.41, 5.74) is 1.11. The molecule has 1 N–H and O–H groups in total. The predicted octanol–water partition coefficient (Wildman–Crippen LogP) is 2.24. The number of nitrogens with zero attached hydrogens (tertiary/aromatic N) is 1. The first-order valence-corrected chi connectivity index (χ1v) is 5.22. The van der Waals surface area contributed by atoms with Crippen LogP contribution in [-0.4, -0.2) is 31.8 Å². The first-order chi connectivity index (χ1) is 7.58. The lowest BCUT2D eigenvalue weighted by Crippen LogP contribution is -2.18. The molecule has 0 aliphatic carbocycles. The molecule has 0 bridgehead atoms. The normalized spacial score (nSPS) is 9.94. The highest BCUT2D eigenvalue weighted by molar-refractivity contribution is 5.89. The van der Waals surface area contributed by atoms with E-state index in [-0.39, 0.29) is 5.56 Å². The van der Waals surface area contributed by atoms with Crippen LogP contribution in [0.1, 0.15) is 23.7 Å². The van der Waals surface area contributed by atoms with Crippen molar-refractivity contribution >= 4 is 11.7 Å². The number of carboxylic acid groups (broad SMARTS) is 1. The van der Waals surface area contributed by atoms with Crippen molar-refractivity contribution in [3.63, 3.8) is 0 Å². The number of carbonyl (C=O) groups is 1. The van der Waals surface area contributed by atoms with Gasteiger partial charge >= 0.3 is 5.97 Å². The molecule has 0 amide bonds. The van der Waals surface area contributed by atoms with E-state index in [0.29, 0.717) is 5.75 Å². The zero-order chi connectivity index (χ0) is 12.1. The van der Waals surface area contributed by atoms with Gasteiger partial charge in [0.25, 0.3) is 0 Å². The van der Waals surface area contributed by atoms with Crippen LogP contribution < -0.4 is 9.64 Å². The van der Waals surface area contributed by atoms with Crippen LogP contribution in [0.3, 0.4) is 0 Å². The van der Waals surface area contributed by atoms with Gasteiger partial charge in [-0.3, -0.25) is 0 Å². The molecule has 1 rings (SSSR count). The van der Waals surface area contributed by atoms with Crippen molar-refractivity contribution in [3.8, 4) is 5.75 Å². The van der Waals surface area contributed by atoms with Gasteiger partial charge in [-0.15, -0.1) is 0 Å². The number of rotatable bonds is 5. The summed E-state index contributed by atoms with van der Waals surface area (Å²) in [6.45, 7) is 2.96. The second kappa shape index (κ2) is 5.39. The van der Waals surface area contributed by atoms with E-state index >= 15 is 0 Å². The number of hydrogen-bond acceptors (Lipinski definition) is 3. The third-order valence-electron chi connectivity index (χ3n) is 2.37. The average Bonchev–Trinajstić information content (AvgIpc) is 2.28. The van der Waals surface area contributed by atoms with Crippen molar-refractivity contribution in [2.75, 3.05) is 25.6 Å². The Kier molecular flexibility index (Phi) is 4.17. The van der Waals surface area contributed by atoms with Crippen LogP contribution in [0.2, 0.25) is 0 Å². The van der Waals surface area contributed by atoms with E-state index in [1.807, 2.05) is 18.0 Å². The highest BCUT2D eigenvalue weighted by atomic mass is 16.5. The van der Waals surface area contributed by atoms with Crippen LogP contribution in [0.25, 0.3) is 0 Å². The van der Waals surface area contributed by atoms with E-state index in [1.165, 1.54) is 13.2 Å². The quantitative estimate of drug-likeness (QED) is 0.831. The molecular weight excluding hydrogens is 206 g/mol. The number of hydrogen-bond donors (Lipinski definition) is 1. The van der Waals surface area contributed by atoms with Crippen molar-refractivity contribution < 1.29 is 14.6 Å². The fraction of sp³-hybridized carbons (Fsp3) is 0.417. The minimum absolute atomic E-state index is 0.248. The van der Waals surface area contributed by atoms with Crippen LogP contribution in [-0.2, 0) is 0 Å². The van der Waals surface area contributed by atoms with Crippen molar-refractivity contribution in [2.24, 2.45) is 0 Å². The molecule has 0 fully saturated rings. The van der Waals surface area contributed by atoms with Crippen LogP contribution in [0.4, 0.5) is 5.69 Å². The third kappa shape index (κ3) is 2.89. The van der Waals surface area contributed by atoms with Gasteiger partial charge in [-0.05, 0) is 18.6 Å². The Morgan fingerprint density at radius 1 is 1.44 bits per heavy atom. The van der Waals surface area contributed by atoms with E-state index in [1.54, 1.807) is 6.07 Å². The molecule has 1 aromatic rings. The van der Waals surface area contributed by atoms with Gasteiger partial charge in [-0.2, -0.15) is 0 Å². The van der Waals surface area contributed by atoms with Crippen LogP contribution >= 0.6 is 0 Å². The average molecular weight is 223 g/mol. The Balaban J connectivity index is 3.08. The SMILES string of the molecule is CCCN(C)c1cc(OC)cc(C(=O)O)c1. The van der Waals surface area contributed by atoms with Crippen molar-refractivity contribution in [1.82, 2.24) is 0 Å². The van der Waals surface area contributed by atoms with E-state index in [2.05, 4.69) is 6.92 Å². The van der Waals surface area contributed by atoms with Crippen molar-refractivity contribution in [1.29, 1.82) is 0 Å². The van der Waals surface area contributed by atoms with Gasteiger partial charge in [0.05, 0.1) is 12.7 Å². The van der Waals surface area contributed by atoms with Crippen LogP contribution in [0.15, 0.2) is 18.2 Å². The highest BCUT2D eigenvalue weighted by Crippen LogP contribution is 2.23. The third-order valence-corrected chi connectivity index (χ3v) is 2.37. The lowest BCUT2D eigenvalue weighted by Gasteiger charge is -2.19. The van der Waals surface area contributed by atoms with Crippen LogP contribution in [0.5, 0.6) is 5.75 Å². The molecule has 88 valence electrons. The van der Waals surface area contributed by atoms with Gasteiger partial charge in [-0.25, -0.2) is 4.79 Å². The maximum absolute atomic E-state index is 10.9. The Morgan fingerprint density at radius 3 is 2.62 bits per heavy atom. The topological polar surface area (TPSA) is 49.8 Å². The summed E-state index contributed by atoms with van der Waals surface area (Å²) >= 11 is 0. The highest BCUT2D eigenvalue weighted by Gasteiger charge is 2.09. The van der Waals surface area contributed by atoms with Crippen molar-refractivity contribution in [2.45, 2.75) is 13.3 Å². The zero-order valence-corrected chi connectivity index (χ0v) is 9.86. The molecule has 0 spiro atoms. The summed E-state index contributed by atoms with van der Waals surface area (Å²) < 4.78 is 5.08. The van der Waals surface area contributed by atoms with Gasteiger partial charge in [-0.1, -0.05) is 6.92 Å². The molecule has 0 aliphatic heterocycles. The standard InChI is InChI=1S/C12H17NO3/c1-4-5-13(2)10-6-9(12(14)15)7-11(8-10)16-3/h6-8H,4-5H2,1-3H3,(H,14,15). The molecule has 0 unspecified atom stereocenters. The lowest BCUT2D eigenvalue weighted by atomic mass is 10.1. The summed E-state index contributed by atoms with van der Waals surface area (Å²) in [5, 5.41) is 8.97. The fourth-order valence-corrected chi connectivity index (χ4v) is 1.51. The number of methoxy groups -OCH3 is 1. The Morgan fingerprint density at radius 2 is 2.12 bits per heavy atom. The first-order valence-electron chi connectivity index (χ1n) is 5.22. The van der Waals surface area contributed by atoms with E-state index in [0.717, 1.165) is 18.7 Å². The van der Waals surface area contributed by atoms with Gasteiger partial charge in [0.1, 0.15) is 5.75 Å². The number of aromatic carboxylic acids is 1. The molecule has 4 heteroatoms. The van der Waals surface area contributed by atoms with Crippen LogP contribution in [0, 0.1) is 0 Å². The minimum atomic E-state index is -0.940. The first kappa shape index (κ1) is 12.4. The molecule has 0 saturated heterocycles. The number of anilines is 1. The molecule has 0 aliphatic rings. The molecule has 0 saturated carbocycles. The Labute approximate surface area is 95.5 Å². The largest absolute Gasteiger partial charge is 0.497 e. The maximum atomic E-state index is 10.9.